The van der Waals surface area contributed by atoms with Gasteiger partial charge in [0.15, 0.2) is 0 Å². The van der Waals surface area contributed by atoms with Gasteiger partial charge in [0.25, 0.3) is 0 Å². The van der Waals surface area contributed by atoms with Crippen molar-refractivity contribution < 1.29 is 4.39 Å². The third-order valence-corrected chi connectivity index (χ3v) is 4.11. The molecule has 0 spiro atoms. The molecule has 1 N–H and O–H groups in total. The average molecular weight is 285 g/mol. The van der Waals surface area contributed by atoms with Crippen molar-refractivity contribution in [3.63, 3.8) is 0 Å². The monoisotopic (exact) mass is 285 g/mol. The van der Waals surface area contributed by atoms with Crippen molar-refractivity contribution in [1.29, 1.82) is 0 Å². The molecule has 2 aromatic rings. The summed E-state index contributed by atoms with van der Waals surface area (Å²) in [5.41, 5.74) is 3.60. The smallest absolute Gasteiger partial charge is 0.123 e. The van der Waals surface area contributed by atoms with Crippen molar-refractivity contribution >= 4 is 5.69 Å². The molecular weight excluding hydrogens is 261 g/mol. The van der Waals surface area contributed by atoms with E-state index in [1.54, 1.807) is 0 Å². The van der Waals surface area contributed by atoms with Crippen LogP contribution in [0.1, 0.15) is 56.7 Å². The predicted molar refractivity (Wildman–Crippen MR) is 88.2 cm³/mol. The largest absolute Gasteiger partial charge is 0.378 e. The summed E-state index contributed by atoms with van der Waals surface area (Å²) in [6, 6.07) is 15.6. The van der Waals surface area contributed by atoms with Gasteiger partial charge in [-0.1, -0.05) is 45.0 Å². The van der Waals surface area contributed by atoms with Crippen molar-refractivity contribution in [3.8, 4) is 0 Å². The molecule has 0 aliphatic rings. The van der Waals surface area contributed by atoms with Crippen LogP contribution in [0.2, 0.25) is 0 Å². The van der Waals surface area contributed by atoms with Crippen molar-refractivity contribution in [2.24, 2.45) is 0 Å². The molecule has 1 nitrogen and oxygen atoms in total. The van der Waals surface area contributed by atoms with Crippen LogP contribution >= 0.6 is 0 Å². The molecule has 2 heteroatoms. The lowest BCUT2D eigenvalue weighted by atomic mass is 9.98. The Morgan fingerprint density at radius 1 is 0.857 bits per heavy atom. The Kier molecular flexibility index (Phi) is 5.38. The van der Waals surface area contributed by atoms with Crippen LogP contribution < -0.4 is 5.32 Å². The predicted octanol–water partition coefficient (Wildman–Crippen LogP) is 5.90. The van der Waals surface area contributed by atoms with E-state index in [4.69, 9.17) is 0 Å². The van der Waals surface area contributed by atoms with E-state index in [9.17, 15) is 4.39 Å². The van der Waals surface area contributed by atoms with E-state index in [1.807, 2.05) is 12.1 Å². The van der Waals surface area contributed by atoms with Crippen LogP contribution in [0.4, 0.5) is 10.1 Å². The number of benzene rings is 2. The van der Waals surface area contributed by atoms with Crippen molar-refractivity contribution in [1.82, 2.24) is 0 Å². The molecule has 0 saturated heterocycles. The number of hydrogen-bond donors (Lipinski definition) is 1. The van der Waals surface area contributed by atoms with Crippen LogP contribution in [0.15, 0.2) is 48.5 Å². The Morgan fingerprint density at radius 2 is 1.43 bits per heavy atom. The molecule has 0 amide bonds. The topological polar surface area (TPSA) is 12.0 Å². The number of rotatable bonds is 6. The minimum Gasteiger partial charge on any atom is -0.378 e. The van der Waals surface area contributed by atoms with Crippen LogP contribution in [0.25, 0.3) is 0 Å². The van der Waals surface area contributed by atoms with E-state index in [0.717, 1.165) is 24.1 Å². The standard InChI is InChI=1S/C19H24FN/c1-4-14(3)15-8-12-18(13-9-15)21-19(5-2)16-6-10-17(20)11-7-16/h6-14,19,21H,4-5H2,1-3H3. The zero-order valence-electron chi connectivity index (χ0n) is 13.1. The summed E-state index contributed by atoms with van der Waals surface area (Å²) in [5, 5.41) is 3.53. The Morgan fingerprint density at radius 3 is 1.95 bits per heavy atom. The van der Waals surface area contributed by atoms with Crippen LogP contribution in [-0.4, -0.2) is 0 Å². The molecule has 2 unspecified atom stereocenters. The van der Waals surface area contributed by atoms with Crippen LogP contribution in [0, 0.1) is 5.82 Å². The van der Waals surface area contributed by atoms with Gasteiger partial charge in [-0.05, 0) is 54.2 Å². The van der Waals surface area contributed by atoms with Crippen LogP contribution in [0.3, 0.4) is 0 Å². The van der Waals surface area contributed by atoms with Gasteiger partial charge in [-0.2, -0.15) is 0 Å². The first-order valence-electron chi connectivity index (χ1n) is 7.76. The number of hydrogen-bond acceptors (Lipinski definition) is 1. The van der Waals surface area contributed by atoms with E-state index >= 15 is 0 Å². The summed E-state index contributed by atoms with van der Waals surface area (Å²) in [6.45, 7) is 6.59. The third-order valence-electron chi connectivity index (χ3n) is 4.11. The highest BCUT2D eigenvalue weighted by molar-refractivity contribution is 5.47. The number of nitrogens with one attached hydrogen (secondary N) is 1. The van der Waals surface area contributed by atoms with E-state index in [2.05, 4.69) is 50.4 Å². The first-order valence-corrected chi connectivity index (χ1v) is 7.76. The zero-order valence-corrected chi connectivity index (χ0v) is 13.1. The SMILES string of the molecule is CCC(C)c1ccc(NC(CC)c2ccc(F)cc2)cc1. The van der Waals surface area contributed by atoms with Gasteiger partial charge in [0.2, 0.25) is 0 Å². The lowest BCUT2D eigenvalue weighted by Crippen LogP contribution is -2.09. The van der Waals surface area contributed by atoms with Crippen LogP contribution in [-0.2, 0) is 0 Å². The fourth-order valence-electron chi connectivity index (χ4n) is 2.46. The summed E-state index contributed by atoms with van der Waals surface area (Å²) in [7, 11) is 0. The van der Waals surface area contributed by atoms with Crippen molar-refractivity contribution in [3.05, 3.63) is 65.5 Å². The zero-order chi connectivity index (χ0) is 15.2. The second-order valence-corrected chi connectivity index (χ2v) is 5.59. The van der Waals surface area contributed by atoms with Gasteiger partial charge in [0.05, 0.1) is 6.04 Å². The molecule has 112 valence electrons. The van der Waals surface area contributed by atoms with E-state index in [-0.39, 0.29) is 11.9 Å². The molecule has 0 aromatic heterocycles. The molecule has 0 heterocycles. The molecular formula is C19H24FN. The van der Waals surface area contributed by atoms with Gasteiger partial charge in [-0.15, -0.1) is 0 Å². The first kappa shape index (κ1) is 15.6. The van der Waals surface area contributed by atoms with Gasteiger partial charge in [-0.3, -0.25) is 0 Å². The van der Waals surface area contributed by atoms with Crippen molar-refractivity contribution in [2.75, 3.05) is 5.32 Å². The Balaban J connectivity index is 2.09. The van der Waals surface area contributed by atoms with Crippen molar-refractivity contribution in [2.45, 2.75) is 45.6 Å². The minimum absolute atomic E-state index is 0.188. The highest BCUT2D eigenvalue weighted by atomic mass is 19.1. The lowest BCUT2D eigenvalue weighted by Gasteiger charge is -2.19. The molecule has 0 radical (unpaired) electrons. The molecule has 0 saturated carbocycles. The Labute approximate surface area is 127 Å². The molecule has 0 fully saturated rings. The maximum absolute atomic E-state index is 13.0. The van der Waals surface area contributed by atoms with Gasteiger partial charge in [-0.25, -0.2) is 4.39 Å². The average Bonchev–Trinajstić information content (AvgIpc) is 2.53. The van der Waals surface area contributed by atoms with E-state index in [1.165, 1.54) is 17.7 Å². The van der Waals surface area contributed by atoms with E-state index < -0.39 is 0 Å². The summed E-state index contributed by atoms with van der Waals surface area (Å²) in [4.78, 5) is 0. The Bertz CT molecular complexity index is 545. The molecule has 2 rings (SSSR count). The molecule has 21 heavy (non-hydrogen) atoms. The highest BCUT2D eigenvalue weighted by Gasteiger charge is 2.09. The van der Waals surface area contributed by atoms with Gasteiger partial charge in [0, 0.05) is 5.69 Å². The van der Waals surface area contributed by atoms with Gasteiger partial charge >= 0.3 is 0 Å². The summed E-state index contributed by atoms with van der Waals surface area (Å²) < 4.78 is 13.0. The molecule has 0 bridgehead atoms. The van der Waals surface area contributed by atoms with Gasteiger partial charge in [0.1, 0.15) is 5.82 Å². The summed E-state index contributed by atoms with van der Waals surface area (Å²) >= 11 is 0. The van der Waals surface area contributed by atoms with Gasteiger partial charge < -0.3 is 5.32 Å². The first-order chi connectivity index (χ1) is 10.1. The number of halogens is 1. The summed E-state index contributed by atoms with van der Waals surface area (Å²) in [5.74, 6) is 0.407. The number of anilines is 1. The minimum atomic E-state index is -0.188. The maximum atomic E-state index is 13.0. The Hall–Kier alpha value is -1.83. The normalized spacial score (nSPS) is 13.7. The highest BCUT2D eigenvalue weighted by Crippen LogP contribution is 2.25. The van der Waals surface area contributed by atoms with E-state index in [0.29, 0.717) is 5.92 Å². The third kappa shape index (κ3) is 4.07. The fraction of sp³-hybridized carbons (Fsp3) is 0.368. The molecule has 2 atom stereocenters. The second kappa shape index (κ2) is 7.26. The molecule has 2 aromatic carbocycles. The fourth-order valence-corrected chi connectivity index (χ4v) is 2.46. The molecule has 0 aliphatic carbocycles. The summed E-state index contributed by atoms with van der Waals surface area (Å²) in [6.07, 6.45) is 2.11. The quantitative estimate of drug-likeness (QED) is 0.696. The molecule has 0 aliphatic heterocycles. The lowest BCUT2D eigenvalue weighted by molar-refractivity contribution is 0.625. The van der Waals surface area contributed by atoms with Crippen LogP contribution in [0.5, 0.6) is 0 Å². The second-order valence-electron chi connectivity index (χ2n) is 5.59. The maximum Gasteiger partial charge on any atom is 0.123 e.